The van der Waals surface area contributed by atoms with E-state index in [1.807, 2.05) is 12.1 Å². The Labute approximate surface area is 129 Å². The van der Waals surface area contributed by atoms with Crippen LogP contribution in [0.15, 0.2) is 46.9 Å². The topological polar surface area (TPSA) is 21.3 Å². The average Bonchev–Trinajstić information content (AvgIpc) is 2.45. The number of rotatable bonds is 4. The first-order chi connectivity index (χ1) is 9.90. The summed E-state index contributed by atoms with van der Waals surface area (Å²) >= 11 is 3.36. The zero-order valence-electron chi connectivity index (χ0n) is 11.2. The van der Waals surface area contributed by atoms with Gasteiger partial charge in [-0.1, -0.05) is 22.0 Å². The lowest BCUT2D eigenvalue weighted by atomic mass is 10.1. The van der Waals surface area contributed by atoms with E-state index in [9.17, 15) is 13.2 Å². The summed E-state index contributed by atoms with van der Waals surface area (Å²) in [6.45, 7) is 0.365. The lowest BCUT2D eigenvalue weighted by molar-refractivity contribution is -0.137. The maximum absolute atomic E-state index is 12.6. The third kappa shape index (κ3) is 4.14. The molecule has 21 heavy (non-hydrogen) atoms. The van der Waals surface area contributed by atoms with Crippen molar-refractivity contribution < 1.29 is 17.9 Å². The summed E-state index contributed by atoms with van der Waals surface area (Å²) in [6.07, 6.45) is -4.34. The third-order valence-electron chi connectivity index (χ3n) is 2.92. The summed E-state index contributed by atoms with van der Waals surface area (Å²) in [4.78, 5) is 0. The highest BCUT2D eigenvalue weighted by molar-refractivity contribution is 9.10. The Morgan fingerprint density at radius 2 is 1.90 bits per heavy atom. The number of benzene rings is 2. The zero-order chi connectivity index (χ0) is 15.5. The monoisotopic (exact) mass is 359 g/mol. The molecule has 0 aliphatic rings. The third-order valence-corrected chi connectivity index (χ3v) is 3.41. The van der Waals surface area contributed by atoms with E-state index < -0.39 is 11.7 Å². The number of halogens is 4. The molecule has 6 heteroatoms. The van der Waals surface area contributed by atoms with E-state index in [1.54, 1.807) is 19.2 Å². The summed E-state index contributed by atoms with van der Waals surface area (Å²) in [5.41, 5.74) is 0.588. The number of anilines is 1. The van der Waals surface area contributed by atoms with Crippen LogP contribution in [0.2, 0.25) is 0 Å². The van der Waals surface area contributed by atoms with E-state index in [-0.39, 0.29) is 0 Å². The number of nitrogens with one attached hydrogen (secondary N) is 1. The average molecular weight is 360 g/mol. The van der Waals surface area contributed by atoms with Crippen LogP contribution in [0.3, 0.4) is 0 Å². The van der Waals surface area contributed by atoms with Gasteiger partial charge in [-0.25, -0.2) is 0 Å². The highest BCUT2D eigenvalue weighted by Gasteiger charge is 2.30. The number of methoxy groups -OCH3 is 1. The van der Waals surface area contributed by atoms with Crippen molar-refractivity contribution in [2.45, 2.75) is 12.7 Å². The van der Waals surface area contributed by atoms with Crippen LogP contribution >= 0.6 is 15.9 Å². The molecule has 0 heterocycles. The summed E-state index contributed by atoms with van der Waals surface area (Å²) < 4.78 is 44.1. The highest BCUT2D eigenvalue weighted by Crippen LogP contribution is 2.31. The minimum Gasteiger partial charge on any atom is -0.496 e. The van der Waals surface area contributed by atoms with E-state index in [2.05, 4.69) is 21.2 Å². The van der Waals surface area contributed by atoms with Crippen molar-refractivity contribution in [3.8, 4) is 5.75 Å². The van der Waals surface area contributed by atoms with Crippen molar-refractivity contribution in [2.24, 2.45) is 0 Å². The van der Waals surface area contributed by atoms with Crippen LogP contribution in [0.5, 0.6) is 5.75 Å². The van der Waals surface area contributed by atoms with Gasteiger partial charge in [0.05, 0.1) is 12.7 Å². The first kappa shape index (κ1) is 15.7. The Morgan fingerprint density at radius 3 is 2.57 bits per heavy atom. The predicted molar refractivity (Wildman–Crippen MR) is 79.5 cm³/mol. The molecular weight excluding hydrogens is 347 g/mol. The van der Waals surface area contributed by atoms with Crippen LogP contribution in [-0.2, 0) is 12.7 Å². The summed E-state index contributed by atoms with van der Waals surface area (Å²) in [5.74, 6) is 0.678. The van der Waals surface area contributed by atoms with E-state index >= 15 is 0 Å². The molecule has 0 saturated carbocycles. The van der Waals surface area contributed by atoms with Gasteiger partial charge in [0.2, 0.25) is 0 Å². The molecule has 0 amide bonds. The molecule has 0 spiro atoms. The second kappa shape index (κ2) is 6.39. The first-order valence-electron chi connectivity index (χ1n) is 6.13. The Kier molecular flexibility index (Phi) is 4.77. The minimum atomic E-state index is -4.34. The largest absolute Gasteiger partial charge is 0.496 e. The molecule has 2 nitrogen and oxygen atoms in total. The smallest absolute Gasteiger partial charge is 0.416 e. The lowest BCUT2D eigenvalue weighted by Crippen LogP contribution is -2.07. The lowest BCUT2D eigenvalue weighted by Gasteiger charge is -2.13. The molecule has 0 saturated heterocycles. The predicted octanol–water partition coefficient (Wildman–Crippen LogP) is 5.09. The maximum Gasteiger partial charge on any atom is 0.416 e. The van der Waals surface area contributed by atoms with Gasteiger partial charge in [-0.05, 0) is 36.4 Å². The highest BCUT2D eigenvalue weighted by atomic mass is 79.9. The molecule has 2 aromatic rings. The molecule has 0 fully saturated rings. The summed E-state index contributed by atoms with van der Waals surface area (Å²) in [5, 5.41) is 2.97. The van der Waals surface area contributed by atoms with Crippen LogP contribution in [0.1, 0.15) is 11.1 Å². The van der Waals surface area contributed by atoms with Crippen molar-refractivity contribution in [1.82, 2.24) is 0 Å². The van der Waals surface area contributed by atoms with Crippen molar-refractivity contribution in [2.75, 3.05) is 12.4 Å². The molecular formula is C15H13BrF3NO. The molecule has 0 unspecified atom stereocenters. The molecule has 2 aromatic carbocycles. The van der Waals surface area contributed by atoms with Crippen molar-refractivity contribution in [1.29, 1.82) is 0 Å². The molecule has 0 atom stereocenters. The molecule has 1 N–H and O–H groups in total. The normalized spacial score (nSPS) is 11.3. The second-order valence-electron chi connectivity index (χ2n) is 4.39. The van der Waals surface area contributed by atoms with Gasteiger partial charge in [0.25, 0.3) is 0 Å². The molecule has 0 aliphatic carbocycles. The first-order valence-corrected chi connectivity index (χ1v) is 6.93. The van der Waals surface area contributed by atoms with Crippen LogP contribution < -0.4 is 10.1 Å². The molecule has 2 rings (SSSR count). The number of hydrogen-bond acceptors (Lipinski definition) is 2. The maximum atomic E-state index is 12.6. The Hall–Kier alpha value is -1.69. The van der Waals surface area contributed by atoms with Gasteiger partial charge in [0, 0.05) is 22.3 Å². The molecule has 0 bridgehead atoms. The quantitative estimate of drug-likeness (QED) is 0.820. The van der Waals surface area contributed by atoms with Crippen molar-refractivity contribution in [3.63, 3.8) is 0 Å². The molecule has 0 aromatic heterocycles. The number of alkyl halides is 3. The van der Waals surface area contributed by atoms with Gasteiger partial charge in [0.15, 0.2) is 0 Å². The van der Waals surface area contributed by atoms with Gasteiger partial charge in [-0.15, -0.1) is 0 Å². The Balaban J connectivity index is 2.15. The van der Waals surface area contributed by atoms with Crippen LogP contribution in [-0.4, -0.2) is 7.11 Å². The second-order valence-corrected chi connectivity index (χ2v) is 5.30. The van der Waals surface area contributed by atoms with Crippen molar-refractivity contribution >= 4 is 21.6 Å². The fourth-order valence-electron chi connectivity index (χ4n) is 1.89. The Morgan fingerprint density at radius 1 is 1.14 bits per heavy atom. The van der Waals surface area contributed by atoms with E-state index in [4.69, 9.17) is 4.74 Å². The Bertz CT molecular complexity index is 629. The van der Waals surface area contributed by atoms with Gasteiger partial charge >= 0.3 is 6.18 Å². The van der Waals surface area contributed by atoms with Gasteiger partial charge in [-0.2, -0.15) is 13.2 Å². The minimum absolute atomic E-state index is 0.365. The molecule has 0 aliphatic heterocycles. The standard InChI is InChI=1S/C15H13BrF3NO/c1-21-14-6-5-12(16)7-10(14)9-20-13-4-2-3-11(8-13)15(17,18)19/h2-8,20H,9H2,1H3. The van der Waals surface area contributed by atoms with E-state index in [0.717, 1.165) is 22.2 Å². The number of hydrogen-bond donors (Lipinski definition) is 1. The zero-order valence-corrected chi connectivity index (χ0v) is 12.8. The fraction of sp³-hybridized carbons (Fsp3) is 0.200. The van der Waals surface area contributed by atoms with E-state index in [1.165, 1.54) is 6.07 Å². The van der Waals surface area contributed by atoms with Crippen LogP contribution in [0, 0.1) is 0 Å². The van der Waals surface area contributed by atoms with Gasteiger partial charge in [-0.3, -0.25) is 0 Å². The van der Waals surface area contributed by atoms with Gasteiger partial charge in [0.1, 0.15) is 5.75 Å². The van der Waals surface area contributed by atoms with Crippen LogP contribution in [0.4, 0.5) is 18.9 Å². The fourth-order valence-corrected chi connectivity index (χ4v) is 2.30. The van der Waals surface area contributed by atoms with Gasteiger partial charge < -0.3 is 10.1 Å². The van der Waals surface area contributed by atoms with E-state index in [0.29, 0.717) is 18.0 Å². The molecule has 0 radical (unpaired) electrons. The van der Waals surface area contributed by atoms with Crippen LogP contribution in [0.25, 0.3) is 0 Å². The number of ether oxygens (including phenoxy) is 1. The van der Waals surface area contributed by atoms with Crippen molar-refractivity contribution in [3.05, 3.63) is 58.1 Å². The molecule has 112 valence electrons. The SMILES string of the molecule is COc1ccc(Br)cc1CNc1cccc(C(F)(F)F)c1. The summed E-state index contributed by atoms with van der Waals surface area (Å²) in [7, 11) is 1.55. The summed E-state index contributed by atoms with van der Waals surface area (Å²) in [6, 6.07) is 10.6.